The number of carbonyl (C=O) groups excluding carboxylic acids is 1. The third-order valence-electron chi connectivity index (χ3n) is 6.36. The Balaban J connectivity index is 1.38. The molecule has 5 rings (SSSR count). The molecule has 0 unspecified atom stereocenters. The van der Waals surface area contributed by atoms with Gasteiger partial charge in [-0.15, -0.1) is 0 Å². The van der Waals surface area contributed by atoms with Gasteiger partial charge >= 0.3 is 5.97 Å². The summed E-state index contributed by atoms with van der Waals surface area (Å²) in [7, 11) is 2.71. The van der Waals surface area contributed by atoms with E-state index in [0.717, 1.165) is 24.2 Å². The van der Waals surface area contributed by atoms with E-state index in [2.05, 4.69) is 17.0 Å². The number of methoxy groups -OCH3 is 2. The van der Waals surface area contributed by atoms with Crippen molar-refractivity contribution in [3.63, 3.8) is 0 Å². The van der Waals surface area contributed by atoms with Gasteiger partial charge in [-0.3, -0.25) is 0 Å². The van der Waals surface area contributed by atoms with Crippen LogP contribution >= 0.6 is 34.8 Å². The second kappa shape index (κ2) is 11.7. The van der Waals surface area contributed by atoms with Crippen molar-refractivity contribution in [1.82, 2.24) is 5.16 Å². The molecule has 4 aromatic rings. The van der Waals surface area contributed by atoms with Crippen molar-refractivity contribution >= 4 is 46.5 Å². The molecule has 0 spiro atoms. The highest BCUT2D eigenvalue weighted by molar-refractivity contribution is 6.39. The fraction of sp³-hybridized carbons (Fsp3) is 0.200. The number of hydrogen-bond acceptors (Lipinski definition) is 7. The maximum absolute atomic E-state index is 12.1. The zero-order valence-electron chi connectivity index (χ0n) is 21.5. The molecule has 1 fully saturated rings. The zero-order chi connectivity index (χ0) is 28.4. The van der Waals surface area contributed by atoms with Crippen molar-refractivity contribution in [3.05, 3.63) is 91.6 Å². The Morgan fingerprint density at radius 1 is 1.05 bits per heavy atom. The molecule has 40 heavy (non-hydrogen) atoms. The summed E-state index contributed by atoms with van der Waals surface area (Å²) in [4.78, 5) is 12.1. The molecule has 1 aliphatic rings. The smallest absolute Gasteiger partial charge is 0.341 e. The van der Waals surface area contributed by atoms with Crippen LogP contribution in [0.3, 0.4) is 0 Å². The molecule has 7 nitrogen and oxygen atoms in total. The van der Waals surface area contributed by atoms with Gasteiger partial charge in [0.2, 0.25) is 0 Å². The van der Waals surface area contributed by atoms with E-state index in [9.17, 15) is 4.79 Å². The number of carbonyl (C=O) groups is 1. The minimum atomic E-state index is -0.579. The number of hydrogen-bond donors (Lipinski definition) is 1. The number of benzene rings is 3. The van der Waals surface area contributed by atoms with Crippen molar-refractivity contribution in [3.8, 4) is 34.6 Å². The van der Waals surface area contributed by atoms with E-state index in [1.807, 2.05) is 0 Å². The monoisotopic (exact) mass is 596 g/mol. The highest BCUT2D eigenvalue weighted by atomic mass is 35.5. The molecule has 2 N–H and O–H groups in total. The summed E-state index contributed by atoms with van der Waals surface area (Å²) in [6.45, 7) is 0.189. The molecule has 0 atom stereocenters. The van der Waals surface area contributed by atoms with Crippen LogP contribution in [0, 0.1) is 11.8 Å². The molecule has 0 amide bonds. The van der Waals surface area contributed by atoms with Crippen molar-refractivity contribution < 1.29 is 23.5 Å². The first-order chi connectivity index (χ1) is 19.3. The second-order valence-corrected chi connectivity index (χ2v) is 10.3. The summed E-state index contributed by atoms with van der Waals surface area (Å²) in [6.07, 6.45) is 2.05. The molecule has 1 aliphatic carbocycles. The predicted octanol–water partition coefficient (Wildman–Crippen LogP) is 7.54. The summed E-state index contributed by atoms with van der Waals surface area (Å²) in [5.74, 6) is 7.27. The van der Waals surface area contributed by atoms with E-state index in [4.69, 9.17) is 59.3 Å². The molecule has 1 aromatic heterocycles. The highest BCUT2D eigenvalue weighted by Crippen LogP contribution is 2.46. The van der Waals surface area contributed by atoms with E-state index in [1.165, 1.54) is 14.2 Å². The maximum atomic E-state index is 12.1. The number of esters is 1. The van der Waals surface area contributed by atoms with Crippen LogP contribution in [-0.4, -0.2) is 25.3 Å². The molecular weight excluding hydrogens is 575 g/mol. The number of nitrogens with two attached hydrogens (primary N) is 1. The summed E-state index contributed by atoms with van der Waals surface area (Å²) in [6, 6.07) is 13.7. The van der Waals surface area contributed by atoms with E-state index in [-0.39, 0.29) is 23.6 Å². The van der Waals surface area contributed by atoms with E-state index in [1.54, 1.807) is 48.5 Å². The van der Waals surface area contributed by atoms with Crippen LogP contribution in [0.15, 0.2) is 53.1 Å². The Labute approximate surface area is 246 Å². The number of anilines is 1. The zero-order valence-corrected chi connectivity index (χ0v) is 23.8. The van der Waals surface area contributed by atoms with Crippen LogP contribution in [0.5, 0.6) is 11.5 Å². The summed E-state index contributed by atoms with van der Waals surface area (Å²) >= 11 is 19.4. The Morgan fingerprint density at radius 2 is 1.80 bits per heavy atom. The number of nitrogen functional groups attached to an aromatic ring is 1. The van der Waals surface area contributed by atoms with Gasteiger partial charge in [-0.1, -0.05) is 57.9 Å². The number of nitrogens with zero attached hydrogens (tertiary/aromatic N) is 1. The first-order valence-electron chi connectivity index (χ1n) is 12.2. The van der Waals surface area contributed by atoms with E-state index >= 15 is 0 Å². The van der Waals surface area contributed by atoms with Crippen LogP contribution in [-0.2, 0) is 11.3 Å². The number of rotatable bonds is 7. The molecule has 0 bridgehead atoms. The van der Waals surface area contributed by atoms with Gasteiger partial charge in [-0.25, -0.2) is 4.79 Å². The van der Waals surface area contributed by atoms with Crippen LogP contribution in [0.25, 0.3) is 11.3 Å². The Kier molecular flexibility index (Phi) is 8.13. The summed E-state index contributed by atoms with van der Waals surface area (Å²) < 4.78 is 21.9. The fourth-order valence-electron chi connectivity index (χ4n) is 4.24. The number of halogens is 3. The van der Waals surface area contributed by atoms with Gasteiger partial charge < -0.3 is 24.5 Å². The van der Waals surface area contributed by atoms with Crippen molar-refractivity contribution in [1.29, 1.82) is 0 Å². The molecule has 204 valence electrons. The lowest BCUT2D eigenvalue weighted by Crippen LogP contribution is -2.07. The first kappa shape index (κ1) is 27.7. The summed E-state index contributed by atoms with van der Waals surface area (Å²) in [5, 5.41) is 5.64. The largest absolute Gasteiger partial charge is 0.494 e. The van der Waals surface area contributed by atoms with Gasteiger partial charge in [0.25, 0.3) is 0 Å². The Bertz CT molecular complexity index is 1650. The van der Waals surface area contributed by atoms with Crippen molar-refractivity contribution in [2.45, 2.75) is 25.4 Å². The topological polar surface area (TPSA) is 96.8 Å². The van der Waals surface area contributed by atoms with Crippen LogP contribution < -0.4 is 15.2 Å². The predicted molar refractivity (Wildman–Crippen MR) is 154 cm³/mol. The molecule has 3 aromatic carbocycles. The molecule has 10 heteroatoms. The standard InChI is InChI=1S/C30H23Cl3N2O5/c1-37-29-20(30(36)38-2)12-16(13-25(29)34)6-7-17-10-11-19(14-24(17)33)39-15-21-27(35-40-28(21)18-8-9-18)26-22(31)4-3-5-23(26)32/h3-5,10-14,18H,8-9,15,34H2,1-2H3. The van der Waals surface area contributed by atoms with E-state index in [0.29, 0.717) is 49.1 Å². The van der Waals surface area contributed by atoms with Gasteiger partial charge in [0.05, 0.1) is 40.5 Å². The lowest BCUT2D eigenvalue weighted by molar-refractivity contribution is 0.0597. The minimum absolute atomic E-state index is 0.181. The molecule has 0 saturated heterocycles. The van der Waals surface area contributed by atoms with Crippen LogP contribution in [0.4, 0.5) is 5.69 Å². The SMILES string of the molecule is COC(=O)c1cc(C#Cc2ccc(OCc3c(-c4c(Cl)cccc4Cl)noc3C3CC3)cc2Cl)cc(N)c1OC. The molecular formula is C30H23Cl3N2O5. The number of aromatic nitrogens is 1. The molecule has 0 aliphatic heterocycles. The van der Waals surface area contributed by atoms with Crippen LogP contribution in [0.2, 0.25) is 15.1 Å². The molecule has 1 saturated carbocycles. The van der Waals surface area contributed by atoms with Crippen LogP contribution in [0.1, 0.15) is 51.6 Å². The highest BCUT2D eigenvalue weighted by Gasteiger charge is 2.33. The lowest BCUT2D eigenvalue weighted by atomic mass is 10.0. The van der Waals surface area contributed by atoms with Gasteiger partial charge in [-0.05, 0) is 49.2 Å². The minimum Gasteiger partial charge on any atom is -0.494 e. The molecule has 1 heterocycles. The van der Waals surface area contributed by atoms with Gasteiger partial charge in [-0.2, -0.15) is 0 Å². The van der Waals surface area contributed by atoms with Crippen molar-refractivity contribution in [2.24, 2.45) is 0 Å². The van der Waals surface area contributed by atoms with Gasteiger partial charge in [0.1, 0.15) is 29.4 Å². The maximum Gasteiger partial charge on any atom is 0.341 e. The second-order valence-electron chi connectivity index (χ2n) is 9.06. The van der Waals surface area contributed by atoms with Gasteiger partial charge in [0, 0.05) is 28.7 Å². The Morgan fingerprint density at radius 3 is 2.45 bits per heavy atom. The van der Waals surface area contributed by atoms with Gasteiger partial charge in [0.15, 0.2) is 5.75 Å². The van der Waals surface area contributed by atoms with E-state index < -0.39 is 5.97 Å². The summed E-state index contributed by atoms with van der Waals surface area (Å²) in [5.41, 5.74) is 9.54. The average Bonchev–Trinajstić information content (AvgIpc) is 3.70. The lowest BCUT2D eigenvalue weighted by Gasteiger charge is -2.10. The third kappa shape index (κ3) is 5.71. The van der Waals surface area contributed by atoms with Crippen molar-refractivity contribution in [2.75, 3.05) is 20.0 Å². The average molecular weight is 598 g/mol. The number of ether oxygens (including phenoxy) is 3. The fourth-order valence-corrected chi connectivity index (χ4v) is 5.04. The Hall–Kier alpha value is -3.83. The normalized spacial score (nSPS) is 12.4. The quantitative estimate of drug-likeness (QED) is 0.134. The molecule has 0 radical (unpaired) electrons. The third-order valence-corrected chi connectivity index (χ3v) is 7.30. The first-order valence-corrected chi connectivity index (χ1v) is 13.4.